The van der Waals surface area contributed by atoms with Crippen molar-refractivity contribution in [1.82, 2.24) is 14.9 Å². The third-order valence-corrected chi connectivity index (χ3v) is 2.09. The van der Waals surface area contributed by atoms with Gasteiger partial charge in [0.05, 0.1) is 0 Å². The molecule has 1 heterocycles. The average molecular weight is 229 g/mol. The lowest BCUT2D eigenvalue weighted by Crippen LogP contribution is -2.36. The van der Waals surface area contributed by atoms with Gasteiger partial charge in [0.2, 0.25) is 5.91 Å². The largest absolute Gasteiger partial charge is 0.356 e. The van der Waals surface area contributed by atoms with Crippen LogP contribution in [-0.4, -0.2) is 40.9 Å². The molecule has 6 heteroatoms. The number of hydrogen-bond donors (Lipinski definition) is 1. The summed E-state index contributed by atoms with van der Waals surface area (Å²) >= 11 is 5.79. The molecule has 0 saturated heterocycles. The molecule has 1 rings (SSSR count). The number of carbonyl (C=O) groups excluding carboxylic acids is 1. The van der Waals surface area contributed by atoms with Gasteiger partial charge in [-0.25, -0.2) is 9.97 Å². The highest BCUT2D eigenvalue weighted by molar-refractivity contribution is 6.31. The number of amides is 1. The molecule has 0 spiro atoms. The number of rotatable bonds is 3. The van der Waals surface area contributed by atoms with E-state index in [1.54, 1.807) is 21.0 Å². The lowest BCUT2D eigenvalue weighted by molar-refractivity contribution is -0.129. The van der Waals surface area contributed by atoms with E-state index in [1.165, 1.54) is 17.3 Å². The molecule has 0 saturated carbocycles. The maximum Gasteiger partial charge on any atom is 0.244 e. The van der Waals surface area contributed by atoms with E-state index in [0.717, 1.165) is 0 Å². The molecule has 82 valence electrons. The first-order valence-electron chi connectivity index (χ1n) is 4.46. The molecule has 1 aromatic rings. The van der Waals surface area contributed by atoms with Gasteiger partial charge in [-0.1, -0.05) is 11.6 Å². The second-order valence-corrected chi connectivity index (χ2v) is 3.65. The van der Waals surface area contributed by atoms with E-state index in [4.69, 9.17) is 11.6 Å². The van der Waals surface area contributed by atoms with Gasteiger partial charge < -0.3 is 10.2 Å². The van der Waals surface area contributed by atoms with E-state index in [2.05, 4.69) is 15.3 Å². The van der Waals surface area contributed by atoms with Gasteiger partial charge in [0.1, 0.15) is 6.04 Å². The summed E-state index contributed by atoms with van der Waals surface area (Å²) in [6.07, 6.45) is 3.01. The van der Waals surface area contributed by atoms with Gasteiger partial charge in [-0.3, -0.25) is 4.79 Å². The molecule has 15 heavy (non-hydrogen) atoms. The normalized spacial score (nSPS) is 12.0. The summed E-state index contributed by atoms with van der Waals surface area (Å²) in [4.78, 5) is 20.9. The number of likely N-dealkylation sites (N-methyl/N-ethyl adjacent to an activating group) is 1. The van der Waals surface area contributed by atoms with Crippen molar-refractivity contribution in [2.24, 2.45) is 0 Å². The minimum absolute atomic E-state index is 0.0447. The fourth-order valence-electron chi connectivity index (χ4n) is 1.07. The zero-order valence-corrected chi connectivity index (χ0v) is 9.62. The Morgan fingerprint density at radius 3 is 2.60 bits per heavy atom. The number of hydrogen-bond acceptors (Lipinski definition) is 4. The van der Waals surface area contributed by atoms with E-state index in [0.29, 0.717) is 5.82 Å². The molecule has 0 fully saturated rings. The topological polar surface area (TPSA) is 58.1 Å². The lowest BCUT2D eigenvalue weighted by Gasteiger charge is -2.18. The third-order valence-electron chi connectivity index (χ3n) is 1.82. The predicted molar refractivity (Wildman–Crippen MR) is 58.8 cm³/mol. The molecule has 0 bridgehead atoms. The number of nitrogens with one attached hydrogen (secondary N) is 1. The fraction of sp³-hybridized carbons (Fsp3) is 0.444. The highest BCUT2D eigenvalue weighted by atomic mass is 35.5. The molecule has 1 amide bonds. The van der Waals surface area contributed by atoms with Gasteiger partial charge in [-0.2, -0.15) is 0 Å². The highest BCUT2D eigenvalue weighted by Crippen LogP contribution is 2.15. The first-order valence-corrected chi connectivity index (χ1v) is 4.84. The Hall–Kier alpha value is -1.36. The Kier molecular flexibility index (Phi) is 3.85. The van der Waals surface area contributed by atoms with Crippen LogP contribution in [0, 0.1) is 0 Å². The van der Waals surface area contributed by atoms with Crippen LogP contribution >= 0.6 is 11.6 Å². The van der Waals surface area contributed by atoms with Crippen LogP contribution < -0.4 is 5.32 Å². The maximum absolute atomic E-state index is 11.5. The van der Waals surface area contributed by atoms with Gasteiger partial charge in [0.25, 0.3) is 0 Å². The van der Waals surface area contributed by atoms with Crippen LogP contribution in [0.3, 0.4) is 0 Å². The average Bonchev–Trinajstić information content (AvgIpc) is 2.20. The van der Waals surface area contributed by atoms with Crippen molar-refractivity contribution in [3.05, 3.63) is 17.5 Å². The van der Waals surface area contributed by atoms with Gasteiger partial charge in [-0.05, 0) is 6.92 Å². The number of halogens is 1. The van der Waals surface area contributed by atoms with Crippen molar-refractivity contribution >= 4 is 23.3 Å². The van der Waals surface area contributed by atoms with Crippen LogP contribution in [0.1, 0.15) is 6.92 Å². The predicted octanol–water partition coefficient (Wildman–Crippen LogP) is 1.02. The van der Waals surface area contributed by atoms with E-state index >= 15 is 0 Å². The first-order chi connectivity index (χ1) is 7.02. The van der Waals surface area contributed by atoms with Crippen molar-refractivity contribution in [1.29, 1.82) is 0 Å². The summed E-state index contributed by atoms with van der Waals surface area (Å²) in [6.45, 7) is 1.74. The number of aromatic nitrogens is 2. The summed E-state index contributed by atoms with van der Waals surface area (Å²) in [5.41, 5.74) is 0. The standard InChI is InChI=1S/C9H13ClN4O/c1-6(9(15)14(2)3)13-8-7(10)11-4-5-12-8/h4-6H,1-3H3,(H,12,13). The summed E-state index contributed by atoms with van der Waals surface area (Å²) in [6, 6.07) is -0.380. The molecule has 5 nitrogen and oxygen atoms in total. The summed E-state index contributed by atoms with van der Waals surface area (Å²) in [5, 5.41) is 3.15. The molecule has 1 atom stereocenters. The number of carbonyl (C=O) groups is 1. The number of anilines is 1. The van der Waals surface area contributed by atoms with Crippen molar-refractivity contribution in [2.45, 2.75) is 13.0 Å². The second kappa shape index (κ2) is 4.93. The third kappa shape index (κ3) is 3.06. The van der Waals surface area contributed by atoms with Gasteiger partial charge in [0, 0.05) is 26.5 Å². The Morgan fingerprint density at radius 2 is 2.07 bits per heavy atom. The van der Waals surface area contributed by atoms with Crippen molar-refractivity contribution in [3.8, 4) is 0 Å². The monoisotopic (exact) mass is 228 g/mol. The van der Waals surface area contributed by atoms with E-state index in [1.807, 2.05) is 0 Å². The molecular weight excluding hydrogens is 216 g/mol. The van der Waals surface area contributed by atoms with Gasteiger partial charge in [-0.15, -0.1) is 0 Å². The van der Waals surface area contributed by atoms with Gasteiger partial charge in [0.15, 0.2) is 11.0 Å². The van der Waals surface area contributed by atoms with Crippen LogP contribution in [0.25, 0.3) is 0 Å². The van der Waals surface area contributed by atoms with E-state index < -0.39 is 0 Å². The first kappa shape index (κ1) is 11.7. The maximum atomic E-state index is 11.5. The molecule has 0 aliphatic heterocycles. The molecule has 0 radical (unpaired) electrons. The molecule has 0 aliphatic carbocycles. The molecule has 1 aromatic heterocycles. The minimum Gasteiger partial charge on any atom is -0.356 e. The number of nitrogens with zero attached hydrogens (tertiary/aromatic N) is 3. The zero-order chi connectivity index (χ0) is 11.4. The zero-order valence-electron chi connectivity index (χ0n) is 8.86. The fourth-order valence-corrected chi connectivity index (χ4v) is 1.23. The molecule has 0 aliphatic rings. The van der Waals surface area contributed by atoms with Crippen molar-refractivity contribution in [3.63, 3.8) is 0 Å². The Morgan fingerprint density at radius 1 is 1.47 bits per heavy atom. The summed E-state index contributed by atoms with van der Waals surface area (Å²) < 4.78 is 0. The SMILES string of the molecule is CC(Nc1nccnc1Cl)C(=O)N(C)C. The Bertz CT molecular complexity index is 356. The van der Waals surface area contributed by atoms with Crippen LogP contribution in [0.15, 0.2) is 12.4 Å². The Balaban J connectivity index is 2.71. The van der Waals surface area contributed by atoms with E-state index in [9.17, 15) is 4.79 Å². The van der Waals surface area contributed by atoms with Gasteiger partial charge >= 0.3 is 0 Å². The Labute approximate surface area is 93.5 Å². The van der Waals surface area contributed by atoms with Crippen LogP contribution in [0.2, 0.25) is 5.15 Å². The summed E-state index contributed by atoms with van der Waals surface area (Å²) in [7, 11) is 3.39. The molecular formula is C9H13ClN4O. The molecule has 1 unspecified atom stereocenters. The lowest BCUT2D eigenvalue weighted by atomic mass is 10.3. The highest BCUT2D eigenvalue weighted by Gasteiger charge is 2.16. The minimum atomic E-state index is -0.380. The van der Waals surface area contributed by atoms with E-state index in [-0.39, 0.29) is 17.1 Å². The van der Waals surface area contributed by atoms with Crippen LogP contribution in [0.5, 0.6) is 0 Å². The quantitative estimate of drug-likeness (QED) is 0.839. The summed E-state index contributed by atoms with van der Waals surface area (Å²) in [5.74, 6) is 0.374. The smallest absolute Gasteiger partial charge is 0.244 e. The second-order valence-electron chi connectivity index (χ2n) is 3.29. The molecule has 1 N–H and O–H groups in total. The van der Waals surface area contributed by atoms with Crippen LogP contribution in [0.4, 0.5) is 5.82 Å². The molecule has 0 aromatic carbocycles. The van der Waals surface area contributed by atoms with Crippen LogP contribution in [-0.2, 0) is 4.79 Å². The van der Waals surface area contributed by atoms with Crippen molar-refractivity contribution < 1.29 is 4.79 Å². The van der Waals surface area contributed by atoms with Crippen molar-refractivity contribution in [2.75, 3.05) is 19.4 Å².